The number of nitrogens with zero attached hydrogens (tertiary/aromatic N) is 1. The SMILES string of the molecule is C=C1SC2C(C(=O)O)C(=O)C3CC(F)C(c4ccc(N)cc4)C(F)C3N12. The minimum atomic E-state index is -1.65. The van der Waals surface area contributed by atoms with Gasteiger partial charge in [-0.25, -0.2) is 8.78 Å². The van der Waals surface area contributed by atoms with Crippen LogP contribution in [0.15, 0.2) is 35.9 Å². The number of ketones is 1. The molecule has 2 aliphatic heterocycles. The fraction of sp³-hybridized carbons (Fsp3) is 0.444. The van der Waals surface area contributed by atoms with Crippen molar-refractivity contribution in [3.63, 3.8) is 0 Å². The van der Waals surface area contributed by atoms with Crippen molar-refractivity contribution < 1.29 is 23.5 Å². The average molecular weight is 380 g/mol. The number of Topliss-reactive ketones (excluding diaryl/α,β-unsaturated/α-hetero) is 1. The molecule has 0 aromatic heterocycles. The Kier molecular flexibility index (Phi) is 3.98. The van der Waals surface area contributed by atoms with Crippen molar-refractivity contribution >= 4 is 29.2 Å². The van der Waals surface area contributed by atoms with Gasteiger partial charge in [0.1, 0.15) is 23.6 Å². The first-order valence-electron chi connectivity index (χ1n) is 8.35. The lowest BCUT2D eigenvalue weighted by Crippen LogP contribution is -2.69. The van der Waals surface area contributed by atoms with Gasteiger partial charge in [0.2, 0.25) is 0 Å². The molecule has 5 nitrogen and oxygen atoms in total. The second-order valence-electron chi connectivity index (χ2n) is 7.01. The largest absolute Gasteiger partial charge is 0.481 e. The molecule has 8 heteroatoms. The number of anilines is 1. The van der Waals surface area contributed by atoms with Crippen molar-refractivity contribution in [2.24, 2.45) is 11.8 Å². The second-order valence-corrected chi connectivity index (χ2v) is 8.20. The first kappa shape index (κ1) is 17.3. The van der Waals surface area contributed by atoms with E-state index in [1.165, 1.54) is 0 Å². The molecule has 3 fully saturated rings. The van der Waals surface area contributed by atoms with Gasteiger partial charge < -0.3 is 15.7 Å². The molecule has 1 aromatic rings. The third-order valence-corrected chi connectivity index (χ3v) is 6.86. The predicted molar refractivity (Wildman–Crippen MR) is 93.8 cm³/mol. The van der Waals surface area contributed by atoms with E-state index in [0.717, 1.165) is 11.8 Å². The number of carboxylic acids is 1. The van der Waals surface area contributed by atoms with Crippen molar-refractivity contribution in [1.29, 1.82) is 0 Å². The van der Waals surface area contributed by atoms with E-state index in [1.54, 1.807) is 29.2 Å². The summed E-state index contributed by atoms with van der Waals surface area (Å²) in [7, 11) is 0. The van der Waals surface area contributed by atoms with Gasteiger partial charge in [-0.3, -0.25) is 9.59 Å². The number of hydrogen-bond donors (Lipinski definition) is 2. The molecule has 0 spiro atoms. The minimum Gasteiger partial charge on any atom is -0.481 e. The lowest BCUT2D eigenvalue weighted by Gasteiger charge is -2.59. The Morgan fingerprint density at radius 1 is 1.31 bits per heavy atom. The number of nitrogens with two attached hydrogens (primary N) is 1. The van der Waals surface area contributed by atoms with Crippen LogP contribution in [0.5, 0.6) is 0 Å². The number of fused-ring (bicyclic) bond motifs is 3. The Morgan fingerprint density at radius 3 is 2.54 bits per heavy atom. The van der Waals surface area contributed by atoms with Crippen molar-refractivity contribution in [3.05, 3.63) is 41.4 Å². The van der Waals surface area contributed by atoms with E-state index in [4.69, 9.17) is 5.73 Å². The highest BCUT2D eigenvalue weighted by molar-refractivity contribution is 8.05. The summed E-state index contributed by atoms with van der Waals surface area (Å²) in [5, 5.41) is 9.26. The van der Waals surface area contributed by atoms with Gasteiger partial charge in [0.05, 0.1) is 11.1 Å². The lowest BCUT2D eigenvalue weighted by molar-refractivity contribution is -0.158. The number of carbonyl (C=O) groups is 2. The molecule has 138 valence electrons. The normalized spacial score (nSPS) is 39.0. The fourth-order valence-electron chi connectivity index (χ4n) is 4.43. The maximum absolute atomic E-state index is 15.5. The van der Waals surface area contributed by atoms with Crippen molar-refractivity contribution in [3.8, 4) is 0 Å². The highest BCUT2D eigenvalue weighted by Gasteiger charge is 2.63. The van der Waals surface area contributed by atoms with Crippen LogP contribution in [0.2, 0.25) is 0 Å². The number of nitrogen functional groups attached to an aromatic ring is 1. The van der Waals surface area contributed by atoms with Crippen LogP contribution in [0.25, 0.3) is 0 Å². The number of hydrogen-bond acceptors (Lipinski definition) is 5. The number of rotatable bonds is 2. The molecule has 7 atom stereocenters. The van der Waals surface area contributed by atoms with Gasteiger partial charge in [0.25, 0.3) is 0 Å². The van der Waals surface area contributed by atoms with Gasteiger partial charge >= 0.3 is 5.97 Å². The first-order valence-corrected chi connectivity index (χ1v) is 9.23. The Morgan fingerprint density at radius 2 is 1.96 bits per heavy atom. The highest BCUT2D eigenvalue weighted by Crippen LogP contribution is 2.56. The topological polar surface area (TPSA) is 83.6 Å². The van der Waals surface area contributed by atoms with Gasteiger partial charge in [0, 0.05) is 17.5 Å². The summed E-state index contributed by atoms with van der Waals surface area (Å²) in [6.45, 7) is 3.83. The average Bonchev–Trinajstić information content (AvgIpc) is 2.57. The van der Waals surface area contributed by atoms with Gasteiger partial charge in [-0.2, -0.15) is 0 Å². The van der Waals surface area contributed by atoms with E-state index in [9.17, 15) is 19.1 Å². The monoisotopic (exact) mass is 380 g/mol. The summed E-state index contributed by atoms with van der Waals surface area (Å²) in [5.74, 6) is -5.12. The molecule has 2 saturated heterocycles. The number of halogens is 2. The van der Waals surface area contributed by atoms with Crippen LogP contribution in [-0.2, 0) is 9.59 Å². The smallest absolute Gasteiger partial charge is 0.317 e. The number of alkyl halides is 2. The van der Waals surface area contributed by atoms with E-state index in [2.05, 4.69) is 6.58 Å². The zero-order valence-corrected chi connectivity index (χ0v) is 14.5. The van der Waals surface area contributed by atoms with Crippen LogP contribution < -0.4 is 5.73 Å². The molecule has 3 N–H and O–H groups in total. The van der Waals surface area contributed by atoms with Crippen molar-refractivity contribution in [2.75, 3.05) is 5.73 Å². The minimum absolute atomic E-state index is 0.191. The van der Waals surface area contributed by atoms with Crippen LogP contribution in [0, 0.1) is 11.8 Å². The Labute approximate surface area is 153 Å². The molecule has 7 unspecified atom stereocenters. The van der Waals surface area contributed by atoms with E-state index >= 15 is 4.39 Å². The summed E-state index contributed by atoms with van der Waals surface area (Å²) in [4.78, 5) is 25.8. The van der Waals surface area contributed by atoms with Gasteiger partial charge in [-0.1, -0.05) is 30.5 Å². The summed E-state index contributed by atoms with van der Waals surface area (Å²) < 4.78 is 30.4. The quantitative estimate of drug-likeness (QED) is 0.606. The zero-order valence-electron chi connectivity index (χ0n) is 13.7. The van der Waals surface area contributed by atoms with Gasteiger partial charge in [0.15, 0.2) is 5.78 Å². The number of piperidine rings is 1. The standard InChI is InChI=1S/C18H18F2N2O3S/c1-7-22-15-10(16(23)13(18(24)25)17(22)26-7)6-11(19)12(14(15)20)8-2-4-9(21)5-3-8/h2-5,10-15,17H,1,6,21H2,(H,24,25). The van der Waals surface area contributed by atoms with Crippen LogP contribution in [0.3, 0.4) is 0 Å². The van der Waals surface area contributed by atoms with Gasteiger partial charge in [-0.15, -0.1) is 0 Å². The van der Waals surface area contributed by atoms with E-state index in [1.807, 2.05) is 0 Å². The van der Waals surface area contributed by atoms with Crippen LogP contribution in [0.4, 0.5) is 14.5 Å². The molecular weight excluding hydrogens is 362 g/mol. The Hall–Kier alpha value is -2.09. The number of carboxylic acid groups (broad SMARTS) is 1. The summed E-state index contributed by atoms with van der Waals surface area (Å²) in [6.07, 6.45) is -3.41. The van der Waals surface area contributed by atoms with Crippen LogP contribution in [-0.4, -0.2) is 45.5 Å². The molecule has 26 heavy (non-hydrogen) atoms. The third kappa shape index (κ3) is 2.35. The molecule has 1 aromatic carbocycles. The molecule has 4 rings (SSSR count). The molecule has 0 radical (unpaired) electrons. The number of benzene rings is 1. The molecule has 1 aliphatic carbocycles. The van der Waals surface area contributed by atoms with Crippen molar-refractivity contribution in [2.45, 2.75) is 36.1 Å². The fourth-order valence-corrected chi connectivity index (χ4v) is 5.68. The molecule has 0 amide bonds. The number of thioether (sulfide) groups is 1. The maximum Gasteiger partial charge on any atom is 0.317 e. The van der Waals surface area contributed by atoms with Gasteiger partial charge in [-0.05, 0) is 24.1 Å². The third-order valence-electron chi connectivity index (χ3n) is 5.64. The van der Waals surface area contributed by atoms with Crippen LogP contribution >= 0.6 is 11.8 Å². The molecule has 3 aliphatic rings. The maximum atomic E-state index is 15.5. The van der Waals surface area contributed by atoms with Crippen LogP contribution in [0.1, 0.15) is 17.9 Å². The Balaban J connectivity index is 1.71. The number of carbonyl (C=O) groups excluding carboxylic acids is 1. The highest BCUT2D eigenvalue weighted by atomic mass is 32.2. The van der Waals surface area contributed by atoms with E-state index < -0.39 is 53.3 Å². The molecule has 0 bridgehead atoms. The van der Waals surface area contributed by atoms with Crippen molar-refractivity contribution in [1.82, 2.24) is 4.90 Å². The molecule has 1 saturated carbocycles. The summed E-state index contributed by atoms with van der Waals surface area (Å²) >= 11 is 1.16. The number of aliphatic carboxylic acids is 1. The first-order chi connectivity index (χ1) is 12.3. The summed E-state index contributed by atoms with van der Waals surface area (Å²) in [6, 6.07) is 5.50. The summed E-state index contributed by atoms with van der Waals surface area (Å²) in [5.41, 5.74) is 6.64. The molecule has 2 heterocycles. The molecular formula is C18H18F2N2O3S. The zero-order chi connectivity index (χ0) is 18.7. The second kappa shape index (κ2) is 5.97. The Bertz CT molecular complexity index is 787. The van der Waals surface area contributed by atoms with E-state index in [0.29, 0.717) is 16.3 Å². The van der Waals surface area contributed by atoms with E-state index in [-0.39, 0.29) is 6.42 Å². The lowest BCUT2D eigenvalue weighted by atomic mass is 9.67. The predicted octanol–water partition coefficient (Wildman–Crippen LogP) is 2.55.